The molecule has 0 radical (unpaired) electrons. The zero-order valence-corrected chi connectivity index (χ0v) is 15.9. The fraction of sp³-hybridized carbons (Fsp3) is 0.188. The number of nitrogens with zero attached hydrogens (tertiary/aromatic N) is 1. The van der Waals surface area contributed by atoms with Crippen LogP contribution in [0.4, 0.5) is 10.1 Å². The molecular formula is C16H16BrFN2O4S. The molecule has 6 nitrogen and oxygen atoms in total. The normalized spacial score (nSPS) is 11.0. The average molecular weight is 431 g/mol. The number of ether oxygens (including phenoxy) is 1. The number of hydrogen-bond acceptors (Lipinski definition) is 4. The maximum absolute atomic E-state index is 13.8. The van der Waals surface area contributed by atoms with Gasteiger partial charge in [0.1, 0.15) is 11.6 Å². The van der Waals surface area contributed by atoms with Crippen LogP contribution in [-0.2, 0) is 14.8 Å². The van der Waals surface area contributed by atoms with Gasteiger partial charge in [0.25, 0.3) is 15.9 Å². The van der Waals surface area contributed by atoms with E-state index in [2.05, 4.69) is 20.7 Å². The molecule has 0 aliphatic rings. The molecule has 0 unspecified atom stereocenters. The number of carbonyl (C=O) groups is 1. The lowest BCUT2D eigenvalue weighted by Crippen LogP contribution is -2.27. The zero-order chi connectivity index (χ0) is 18.6. The molecule has 0 aliphatic carbocycles. The van der Waals surface area contributed by atoms with E-state index in [9.17, 15) is 17.6 Å². The summed E-state index contributed by atoms with van der Waals surface area (Å²) in [5.74, 6) is -0.562. The van der Waals surface area contributed by atoms with Crippen LogP contribution in [0.1, 0.15) is 0 Å². The number of rotatable bonds is 6. The molecule has 0 fully saturated rings. The van der Waals surface area contributed by atoms with Crippen LogP contribution in [0.25, 0.3) is 0 Å². The van der Waals surface area contributed by atoms with Crippen molar-refractivity contribution in [2.75, 3.05) is 25.4 Å². The molecule has 0 bridgehead atoms. The van der Waals surface area contributed by atoms with Crippen molar-refractivity contribution >= 4 is 37.5 Å². The molecule has 9 heteroatoms. The lowest BCUT2D eigenvalue weighted by Gasteiger charge is -2.12. The molecule has 2 rings (SSSR count). The van der Waals surface area contributed by atoms with Crippen LogP contribution in [0.3, 0.4) is 0 Å². The minimum atomic E-state index is -3.95. The molecule has 0 aromatic heterocycles. The topological polar surface area (TPSA) is 75.7 Å². The molecule has 2 aromatic carbocycles. The molecule has 2 aromatic rings. The Hall–Kier alpha value is -2.13. The lowest BCUT2D eigenvalue weighted by atomic mass is 10.3. The Morgan fingerprint density at radius 1 is 1.20 bits per heavy atom. The van der Waals surface area contributed by atoms with Crippen molar-refractivity contribution in [3.8, 4) is 5.75 Å². The SMILES string of the molecule is CN(C)C(=O)COc1ccc(S(=O)(=O)Nc2ccc(Br)cc2F)cc1. The van der Waals surface area contributed by atoms with Gasteiger partial charge in [-0.25, -0.2) is 12.8 Å². The minimum Gasteiger partial charge on any atom is -0.484 e. The second kappa shape index (κ2) is 7.83. The maximum atomic E-state index is 13.8. The van der Waals surface area contributed by atoms with Crippen molar-refractivity contribution in [3.63, 3.8) is 0 Å². The molecule has 134 valence electrons. The zero-order valence-electron chi connectivity index (χ0n) is 13.5. The fourth-order valence-electron chi connectivity index (χ4n) is 1.77. The fourth-order valence-corrected chi connectivity index (χ4v) is 3.17. The van der Waals surface area contributed by atoms with E-state index in [0.29, 0.717) is 10.2 Å². The van der Waals surface area contributed by atoms with Crippen molar-refractivity contribution in [3.05, 3.63) is 52.8 Å². The third kappa shape index (κ3) is 5.17. The Labute approximate surface area is 153 Å². The van der Waals surface area contributed by atoms with Crippen LogP contribution in [0.15, 0.2) is 51.8 Å². The molecular weight excluding hydrogens is 415 g/mol. The molecule has 0 spiro atoms. The molecule has 0 aliphatic heterocycles. The third-order valence-corrected chi connectivity index (χ3v) is 5.05. The Bertz CT molecular complexity index is 870. The van der Waals surface area contributed by atoms with Gasteiger partial charge >= 0.3 is 0 Å². The van der Waals surface area contributed by atoms with Gasteiger partial charge in [0.05, 0.1) is 10.6 Å². The van der Waals surface area contributed by atoms with Gasteiger partial charge in [-0.3, -0.25) is 9.52 Å². The molecule has 25 heavy (non-hydrogen) atoms. The second-order valence-electron chi connectivity index (χ2n) is 5.28. The summed E-state index contributed by atoms with van der Waals surface area (Å²) in [4.78, 5) is 12.8. The monoisotopic (exact) mass is 430 g/mol. The molecule has 1 amide bonds. The summed E-state index contributed by atoms with van der Waals surface area (Å²) in [5, 5.41) is 0. The van der Waals surface area contributed by atoms with E-state index in [1.54, 1.807) is 14.1 Å². The number of nitrogens with one attached hydrogen (secondary N) is 1. The van der Waals surface area contributed by atoms with Crippen molar-refractivity contribution in [2.24, 2.45) is 0 Å². The first-order chi connectivity index (χ1) is 11.7. The highest BCUT2D eigenvalue weighted by Crippen LogP contribution is 2.23. The standard InChI is InChI=1S/C16H16BrFN2O4S/c1-20(2)16(21)10-24-12-4-6-13(7-5-12)25(22,23)19-15-8-3-11(17)9-14(15)18/h3-9,19H,10H2,1-2H3. The third-order valence-electron chi connectivity index (χ3n) is 3.17. The largest absolute Gasteiger partial charge is 0.484 e. The van der Waals surface area contributed by atoms with E-state index in [1.165, 1.54) is 41.3 Å². The van der Waals surface area contributed by atoms with E-state index in [-0.39, 0.29) is 23.1 Å². The van der Waals surface area contributed by atoms with E-state index >= 15 is 0 Å². The molecule has 0 heterocycles. The number of likely N-dealkylation sites (N-methyl/N-ethyl adjacent to an activating group) is 1. The van der Waals surface area contributed by atoms with Crippen LogP contribution in [0.5, 0.6) is 5.75 Å². The Morgan fingerprint density at radius 3 is 2.40 bits per heavy atom. The predicted molar refractivity (Wildman–Crippen MR) is 95.5 cm³/mol. The Morgan fingerprint density at radius 2 is 1.84 bits per heavy atom. The van der Waals surface area contributed by atoms with E-state index in [1.807, 2.05) is 0 Å². The number of hydrogen-bond donors (Lipinski definition) is 1. The van der Waals surface area contributed by atoms with Crippen molar-refractivity contribution in [2.45, 2.75) is 4.90 Å². The van der Waals surface area contributed by atoms with Gasteiger partial charge in [0.2, 0.25) is 0 Å². The Balaban J connectivity index is 2.10. The smallest absolute Gasteiger partial charge is 0.261 e. The number of halogens is 2. The van der Waals surface area contributed by atoms with Crippen LogP contribution in [-0.4, -0.2) is 39.9 Å². The highest BCUT2D eigenvalue weighted by molar-refractivity contribution is 9.10. The summed E-state index contributed by atoms with van der Waals surface area (Å²) in [6.45, 7) is -0.151. The summed E-state index contributed by atoms with van der Waals surface area (Å²) in [6.07, 6.45) is 0. The first kappa shape index (κ1) is 19.2. The van der Waals surface area contributed by atoms with Gasteiger partial charge in [0, 0.05) is 18.6 Å². The highest BCUT2D eigenvalue weighted by atomic mass is 79.9. The number of anilines is 1. The van der Waals surface area contributed by atoms with Gasteiger partial charge in [-0.1, -0.05) is 15.9 Å². The van der Waals surface area contributed by atoms with Crippen molar-refractivity contribution in [1.29, 1.82) is 0 Å². The maximum Gasteiger partial charge on any atom is 0.261 e. The first-order valence-corrected chi connectivity index (χ1v) is 9.37. The molecule has 0 saturated carbocycles. The van der Waals surface area contributed by atoms with Gasteiger partial charge in [0.15, 0.2) is 6.61 Å². The molecule has 0 atom stereocenters. The van der Waals surface area contributed by atoms with Crippen molar-refractivity contribution in [1.82, 2.24) is 4.90 Å². The summed E-state index contributed by atoms with van der Waals surface area (Å²) >= 11 is 3.10. The van der Waals surface area contributed by atoms with Crippen LogP contribution in [0, 0.1) is 5.82 Å². The predicted octanol–water partition coefficient (Wildman–Crippen LogP) is 2.86. The van der Waals surface area contributed by atoms with Gasteiger partial charge in [-0.2, -0.15) is 0 Å². The first-order valence-electron chi connectivity index (χ1n) is 7.10. The summed E-state index contributed by atoms with van der Waals surface area (Å²) < 4.78 is 46.4. The van der Waals surface area contributed by atoms with E-state index in [0.717, 1.165) is 6.07 Å². The highest BCUT2D eigenvalue weighted by Gasteiger charge is 2.16. The summed E-state index contributed by atoms with van der Waals surface area (Å²) in [6, 6.07) is 9.49. The molecule has 0 saturated heterocycles. The minimum absolute atomic E-state index is 0.0545. The summed E-state index contributed by atoms with van der Waals surface area (Å²) in [5.41, 5.74) is -0.153. The van der Waals surface area contributed by atoms with Gasteiger partial charge in [-0.15, -0.1) is 0 Å². The summed E-state index contributed by atoms with van der Waals surface area (Å²) in [7, 11) is -0.735. The average Bonchev–Trinajstić information content (AvgIpc) is 2.55. The van der Waals surface area contributed by atoms with Crippen LogP contribution < -0.4 is 9.46 Å². The van der Waals surface area contributed by atoms with Crippen LogP contribution >= 0.6 is 15.9 Å². The number of sulfonamides is 1. The number of carbonyl (C=O) groups excluding carboxylic acids is 1. The van der Waals surface area contributed by atoms with Crippen molar-refractivity contribution < 1.29 is 22.3 Å². The molecule has 1 N–H and O–H groups in total. The number of amides is 1. The van der Waals surface area contributed by atoms with Gasteiger partial charge in [-0.05, 0) is 42.5 Å². The van der Waals surface area contributed by atoms with Crippen LogP contribution in [0.2, 0.25) is 0 Å². The quantitative estimate of drug-likeness (QED) is 0.764. The Kier molecular flexibility index (Phi) is 6.02. The number of benzene rings is 2. The second-order valence-corrected chi connectivity index (χ2v) is 7.88. The van der Waals surface area contributed by atoms with Gasteiger partial charge < -0.3 is 9.64 Å². The van der Waals surface area contributed by atoms with E-state index in [4.69, 9.17) is 4.74 Å². The van der Waals surface area contributed by atoms with E-state index < -0.39 is 15.8 Å². The lowest BCUT2D eigenvalue weighted by molar-refractivity contribution is -0.130.